The lowest BCUT2D eigenvalue weighted by Crippen LogP contribution is -2.34. The molecule has 0 bridgehead atoms. The molecule has 0 heterocycles. The Morgan fingerprint density at radius 3 is 2.42 bits per heavy atom. The summed E-state index contributed by atoms with van der Waals surface area (Å²) in [7, 11) is 0. The summed E-state index contributed by atoms with van der Waals surface area (Å²) in [6, 6.07) is 10.3. The summed E-state index contributed by atoms with van der Waals surface area (Å²) in [6.07, 6.45) is 2.97. The van der Waals surface area contributed by atoms with Crippen molar-refractivity contribution in [2.24, 2.45) is 5.73 Å². The van der Waals surface area contributed by atoms with Gasteiger partial charge in [-0.2, -0.15) is 0 Å². The standard InChI is InChI=1S/C10H15NS/c1-10(11,12-2)8-9-6-4-3-5-7-9/h3-7H,8,11H2,1-2H3. The number of nitrogens with two attached hydrogens (primary N) is 1. The van der Waals surface area contributed by atoms with Gasteiger partial charge in [0.2, 0.25) is 0 Å². The van der Waals surface area contributed by atoms with E-state index in [2.05, 4.69) is 19.1 Å². The maximum atomic E-state index is 6.01. The molecule has 2 heteroatoms. The van der Waals surface area contributed by atoms with E-state index < -0.39 is 0 Å². The third kappa shape index (κ3) is 2.88. The maximum absolute atomic E-state index is 6.01. The molecular formula is C10H15NS. The van der Waals surface area contributed by atoms with E-state index in [9.17, 15) is 0 Å². The monoisotopic (exact) mass is 181 g/mol. The molecule has 0 aliphatic heterocycles. The predicted octanol–water partition coefficient (Wildman–Crippen LogP) is 2.27. The molecule has 0 aromatic heterocycles. The summed E-state index contributed by atoms with van der Waals surface area (Å²) in [5.74, 6) is 0. The Morgan fingerprint density at radius 1 is 1.33 bits per heavy atom. The van der Waals surface area contributed by atoms with E-state index in [4.69, 9.17) is 5.73 Å². The Labute approximate surface area is 78.4 Å². The lowest BCUT2D eigenvalue weighted by molar-refractivity contribution is 0.674. The second-order valence-electron chi connectivity index (χ2n) is 3.18. The summed E-state index contributed by atoms with van der Waals surface area (Å²) >= 11 is 1.70. The number of benzene rings is 1. The minimum absolute atomic E-state index is 0.138. The molecule has 1 atom stereocenters. The van der Waals surface area contributed by atoms with Crippen LogP contribution in [0.15, 0.2) is 30.3 Å². The van der Waals surface area contributed by atoms with Crippen molar-refractivity contribution in [3.05, 3.63) is 35.9 Å². The van der Waals surface area contributed by atoms with E-state index >= 15 is 0 Å². The van der Waals surface area contributed by atoms with Crippen molar-refractivity contribution < 1.29 is 0 Å². The van der Waals surface area contributed by atoms with Crippen molar-refractivity contribution in [1.29, 1.82) is 0 Å². The average molecular weight is 181 g/mol. The SMILES string of the molecule is CSC(C)(N)Cc1ccccc1. The third-order valence-corrected chi connectivity index (χ3v) is 2.94. The highest BCUT2D eigenvalue weighted by Gasteiger charge is 2.16. The molecule has 1 aromatic carbocycles. The largest absolute Gasteiger partial charge is 0.317 e. The Hall–Kier alpha value is -0.470. The van der Waals surface area contributed by atoms with Gasteiger partial charge in [0.05, 0.1) is 4.87 Å². The van der Waals surface area contributed by atoms with Crippen molar-refractivity contribution in [2.45, 2.75) is 18.2 Å². The van der Waals surface area contributed by atoms with Crippen LogP contribution in [0.25, 0.3) is 0 Å². The highest BCUT2D eigenvalue weighted by Crippen LogP contribution is 2.20. The molecule has 0 fully saturated rings. The fraction of sp³-hybridized carbons (Fsp3) is 0.400. The topological polar surface area (TPSA) is 26.0 Å². The molecule has 1 aromatic rings. The van der Waals surface area contributed by atoms with Gasteiger partial charge >= 0.3 is 0 Å². The van der Waals surface area contributed by atoms with Crippen LogP contribution in [0.4, 0.5) is 0 Å². The molecular weight excluding hydrogens is 166 g/mol. The van der Waals surface area contributed by atoms with Crippen LogP contribution < -0.4 is 5.73 Å². The molecule has 0 saturated heterocycles. The van der Waals surface area contributed by atoms with Gasteiger partial charge in [-0.3, -0.25) is 0 Å². The average Bonchev–Trinajstić information content (AvgIpc) is 2.06. The highest BCUT2D eigenvalue weighted by molar-refractivity contribution is 7.99. The summed E-state index contributed by atoms with van der Waals surface area (Å²) in [6.45, 7) is 2.06. The van der Waals surface area contributed by atoms with Gasteiger partial charge in [-0.15, -0.1) is 11.8 Å². The number of hydrogen-bond acceptors (Lipinski definition) is 2. The van der Waals surface area contributed by atoms with E-state index in [1.807, 2.05) is 24.5 Å². The molecule has 2 N–H and O–H groups in total. The van der Waals surface area contributed by atoms with Crippen molar-refractivity contribution in [2.75, 3.05) is 6.26 Å². The van der Waals surface area contributed by atoms with Crippen molar-refractivity contribution in [3.8, 4) is 0 Å². The smallest absolute Gasteiger partial charge is 0.0629 e. The van der Waals surface area contributed by atoms with Crippen LogP contribution in [0, 0.1) is 0 Å². The van der Waals surface area contributed by atoms with Gasteiger partial charge in [-0.05, 0) is 25.2 Å². The molecule has 1 rings (SSSR count). The van der Waals surface area contributed by atoms with Gasteiger partial charge in [-0.25, -0.2) is 0 Å². The Morgan fingerprint density at radius 2 is 1.92 bits per heavy atom. The summed E-state index contributed by atoms with van der Waals surface area (Å²) in [5.41, 5.74) is 7.31. The van der Waals surface area contributed by atoms with Crippen LogP contribution in [-0.4, -0.2) is 11.1 Å². The molecule has 0 spiro atoms. The maximum Gasteiger partial charge on any atom is 0.0629 e. The normalized spacial score (nSPS) is 15.6. The van der Waals surface area contributed by atoms with Gasteiger partial charge in [0.15, 0.2) is 0 Å². The van der Waals surface area contributed by atoms with Crippen LogP contribution in [-0.2, 0) is 6.42 Å². The zero-order valence-corrected chi connectivity index (χ0v) is 8.40. The van der Waals surface area contributed by atoms with Crippen molar-refractivity contribution in [3.63, 3.8) is 0 Å². The van der Waals surface area contributed by atoms with Gasteiger partial charge in [0.25, 0.3) is 0 Å². The fourth-order valence-electron chi connectivity index (χ4n) is 1.07. The van der Waals surface area contributed by atoms with Gasteiger partial charge in [0, 0.05) is 0 Å². The first-order valence-electron chi connectivity index (χ1n) is 4.02. The molecule has 1 unspecified atom stereocenters. The summed E-state index contributed by atoms with van der Waals surface area (Å²) in [4.78, 5) is -0.138. The highest BCUT2D eigenvalue weighted by atomic mass is 32.2. The van der Waals surface area contributed by atoms with Gasteiger partial charge in [0.1, 0.15) is 0 Å². The zero-order valence-electron chi connectivity index (χ0n) is 7.58. The molecule has 0 aliphatic rings. The first-order valence-corrected chi connectivity index (χ1v) is 5.24. The molecule has 0 aliphatic carbocycles. The first kappa shape index (κ1) is 9.62. The molecule has 0 radical (unpaired) electrons. The van der Waals surface area contributed by atoms with Crippen molar-refractivity contribution in [1.82, 2.24) is 0 Å². The van der Waals surface area contributed by atoms with E-state index in [-0.39, 0.29) is 4.87 Å². The van der Waals surface area contributed by atoms with E-state index in [1.54, 1.807) is 11.8 Å². The summed E-state index contributed by atoms with van der Waals surface area (Å²) < 4.78 is 0. The van der Waals surface area contributed by atoms with Gasteiger partial charge in [-0.1, -0.05) is 30.3 Å². The lowest BCUT2D eigenvalue weighted by atomic mass is 10.1. The lowest BCUT2D eigenvalue weighted by Gasteiger charge is -2.21. The van der Waals surface area contributed by atoms with E-state index in [0.29, 0.717) is 0 Å². The first-order chi connectivity index (χ1) is 5.64. The van der Waals surface area contributed by atoms with Gasteiger partial charge < -0.3 is 5.73 Å². The molecule has 66 valence electrons. The minimum Gasteiger partial charge on any atom is -0.317 e. The number of rotatable bonds is 3. The van der Waals surface area contributed by atoms with Crippen LogP contribution in [0.1, 0.15) is 12.5 Å². The Balaban J connectivity index is 2.64. The van der Waals surface area contributed by atoms with E-state index in [0.717, 1.165) is 6.42 Å². The second-order valence-corrected chi connectivity index (χ2v) is 4.52. The molecule has 1 nitrogen and oxygen atoms in total. The number of hydrogen-bond donors (Lipinski definition) is 1. The third-order valence-electron chi connectivity index (χ3n) is 1.86. The van der Waals surface area contributed by atoms with Crippen LogP contribution >= 0.6 is 11.8 Å². The molecule has 0 amide bonds. The number of thioether (sulfide) groups is 1. The fourth-order valence-corrected chi connectivity index (χ4v) is 1.38. The van der Waals surface area contributed by atoms with Crippen LogP contribution in [0.3, 0.4) is 0 Å². The Bertz CT molecular complexity index is 231. The molecule has 12 heavy (non-hydrogen) atoms. The zero-order chi connectivity index (χ0) is 9.03. The van der Waals surface area contributed by atoms with E-state index in [1.165, 1.54) is 5.56 Å². The predicted molar refractivity (Wildman–Crippen MR) is 56.3 cm³/mol. The molecule has 0 saturated carbocycles. The second kappa shape index (κ2) is 3.97. The minimum atomic E-state index is -0.138. The van der Waals surface area contributed by atoms with Crippen molar-refractivity contribution >= 4 is 11.8 Å². The van der Waals surface area contributed by atoms with Crippen LogP contribution in [0.2, 0.25) is 0 Å². The Kier molecular flexibility index (Phi) is 3.18. The summed E-state index contributed by atoms with van der Waals surface area (Å²) in [5, 5.41) is 0. The quantitative estimate of drug-likeness (QED) is 0.724. The van der Waals surface area contributed by atoms with Crippen LogP contribution in [0.5, 0.6) is 0 Å².